The Kier molecular flexibility index (Phi) is 5.22. The van der Waals surface area contributed by atoms with Gasteiger partial charge in [-0.25, -0.2) is 4.68 Å². The zero-order chi connectivity index (χ0) is 24.3. The lowest BCUT2D eigenvalue weighted by molar-refractivity contribution is -0.144. The highest BCUT2D eigenvalue weighted by molar-refractivity contribution is 8.02. The van der Waals surface area contributed by atoms with E-state index in [9.17, 15) is 19.5 Å². The fraction of sp³-hybridized carbons (Fsp3) is 0.458. The number of para-hydroxylation sites is 1. The van der Waals surface area contributed by atoms with Crippen LogP contribution in [0.2, 0.25) is 0 Å². The number of benzene rings is 1. The summed E-state index contributed by atoms with van der Waals surface area (Å²) in [5, 5.41) is 18.0. The molecule has 0 bridgehead atoms. The maximum Gasteiger partial charge on any atom is 0.248 e. The first-order chi connectivity index (χ1) is 17.0. The summed E-state index contributed by atoms with van der Waals surface area (Å²) in [5.41, 5.74) is 1.55. The third-order valence-corrected chi connectivity index (χ3v) is 9.25. The van der Waals surface area contributed by atoms with E-state index in [2.05, 4.69) is 10.3 Å². The van der Waals surface area contributed by atoms with Crippen molar-refractivity contribution in [2.75, 3.05) is 33.3 Å². The highest BCUT2D eigenvalue weighted by Gasteiger charge is 2.70. The second-order valence-electron chi connectivity index (χ2n) is 9.43. The van der Waals surface area contributed by atoms with E-state index in [0.29, 0.717) is 13.1 Å². The number of carbonyl (C=O) groups is 3. The summed E-state index contributed by atoms with van der Waals surface area (Å²) in [6.45, 7) is 0.805. The van der Waals surface area contributed by atoms with E-state index >= 15 is 0 Å². The number of fused-ring (bicyclic) bond motifs is 3. The molecule has 4 aliphatic heterocycles. The third kappa shape index (κ3) is 3.17. The van der Waals surface area contributed by atoms with Crippen LogP contribution in [0.3, 0.4) is 0 Å². The Hall–Kier alpha value is -3.18. The monoisotopic (exact) mass is 494 g/mol. The number of likely N-dealkylation sites (tertiary alicyclic amines) is 1. The molecule has 35 heavy (non-hydrogen) atoms. The van der Waals surface area contributed by atoms with Crippen molar-refractivity contribution in [2.45, 2.75) is 22.7 Å². The number of thioether (sulfide) groups is 1. The minimum atomic E-state index is -0.879. The number of likely N-dealkylation sites (N-methyl/N-ethyl adjacent to an activating group) is 1. The average molecular weight is 495 g/mol. The summed E-state index contributed by atoms with van der Waals surface area (Å²) in [7, 11) is 1.74. The van der Waals surface area contributed by atoms with Crippen molar-refractivity contribution >= 4 is 40.5 Å². The molecule has 0 aliphatic carbocycles. The molecule has 10 nitrogen and oxygen atoms in total. The smallest absolute Gasteiger partial charge is 0.248 e. The molecule has 182 valence electrons. The fourth-order valence-electron chi connectivity index (χ4n) is 5.97. The molecule has 11 heteroatoms. The third-order valence-electron chi connectivity index (χ3n) is 7.51. The van der Waals surface area contributed by atoms with E-state index in [1.807, 2.05) is 48.6 Å². The molecule has 2 aromatic rings. The zero-order valence-corrected chi connectivity index (χ0v) is 20.0. The lowest BCUT2D eigenvalue weighted by Gasteiger charge is -2.34. The van der Waals surface area contributed by atoms with Gasteiger partial charge in [0.25, 0.3) is 0 Å². The predicted octanol–water partition coefficient (Wildman–Crippen LogP) is 0.105. The molecular weight excluding hydrogens is 468 g/mol. The van der Waals surface area contributed by atoms with Crippen LogP contribution in [0, 0.1) is 11.8 Å². The van der Waals surface area contributed by atoms with Crippen LogP contribution < -0.4 is 0 Å². The van der Waals surface area contributed by atoms with Crippen LogP contribution >= 0.6 is 11.8 Å². The molecule has 1 aromatic carbocycles. The summed E-state index contributed by atoms with van der Waals surface area (Å²) in [6, 6.07) is 6.73. The normalized spacial score (nSPS) is 32.2. The van der Waals surface area contributed by atoms with Gasteiger partial charge in [-0.3, -0.25) is 14.4 Å². The number of nitrogens with zero attached hydrogens (tertiary/aromatic N) is 6. The Balaban J connectivity index is 1.40. The molecule has 1 aromatic heterocycles. The Bertz CT molecular complexity index is 1280. The van der Waals surface area contributed by atoms with Gasteiger partial charge in [-0.1, -0.05) is 41.7 Å². The van der Waals surface area contributed by atoms with Crippen molar-refractivity contribution < 1.29 is 19.5 Å². The van der Waals surface area contributed by atoms with E-state index in [4.69, 9.17) is 0 Å². The van der Waals surface area contributed by atoms with Gasteiger partial charge in [-0.15, -0.1) is 16.9 Å². The van der Waals surface area contributed by atoms with E-state index in [-0.39, 0.29) is 42.8 Å². The van der Waals surface area contributed by atoms with Gasteiger partial charge in [0, 0.05) is 31.9 Å². The highest BCUT2D eigenvalue weighted by Crippen LogP contribution is 2.60. The molecule has 5 atom stereocenters. The molecule has 3 amide bonds. The SMILES string of the molecule is CN1CC=C[C@@H]2S[C@]34C=CCN(Cn5nnc6ccccc65)C(=O)C3N(CCO)C(=O)[C@@H]4[C@@H]2C1=O. The first kappa shape index (κ1) is 22.3. The maximum atomic E-state index is 14.1. The second-order valence-corrected chi connectivity index (χ2v) is 10.9. The number of carbonyl (C=O) groups excluding carboxylic acids is 3. The van der Waals surface area contributed by atoms with Crippen molar-refractivity contribution in [1.82, 2.24) is 29.7 Å². The van der Waals surface area contributed by atoms with Gasteiger partial charge < -0.3 is 19.8 Å². The first-order valence-electron chi connectivity index (χ1n) is 11.7. The van der Waals surface area contributed by atoms with Gasteiger partial charge in [0.05, 0.1) is 28.7 Å². The van der Waals surface area contributed by atoms with Crippen molar-refractivity contribution in [3.63, 3.8) is 0 Å². The number of aliphatic hydroxyl groups is 1. The minimum absolute atomic E-state index is 0.0409. The number of β-amino-alcohol motifs (C(OH)–C–C–N with tert-alkyl or cyclic N) is 1. The van der Waals surface area contributed by atoms with E-state index in [0.717, 1.165) is 11.0 Å². The summed E-state index contributed by atoms with van der Waals surface area (Å²) >= 11 is 1.53. The molecule has 1 unspecified atom stereocenters. The van der Waals surface area contributed by atoms with E-state index in [1.54, 1.807) is 21.5 Å². The van der Waals surface area contributed by atoms with Gasteiger partial charge in [-0.2, -0.15) is 0 Å². The number of hydrogen-bond acceptors (Lipinski definition) is 7. The van der Waals surface area contributed by atoms with Crippen LogP contribution in [-0.2, 0) is 21.1 Å². The molecule has 1 spiro atoms. The van der Waals surface area contributed by atoms with Crippen molar-refractivity contribution in [2.24, 2.45) is 11.8 Å². The average Bonchev–Trinajstić information content (AvgIpc) is 3.40. The van der Waals surface area contributed by atoms with E-state index in [1.165, 1.54) is 16.7 Å². The Morgan fingerprint density at radius 1 is 1.11 bits per heavy atom. The van der Waals surface area contributed by atoms with Crippen LogP contribution in [0.5, 0.6) is 0 Å². The first-order valence-corrected chi connectivity index (χ1v) is 12.6. The van der Waals surface area contributed by atoms with Gasteiger partial charge >= 0.3 is 0 Å². The summed E-state index contributed by atoms with van der Waals surface area (Å²) < 4.78 is 0.798. The van der Waals surface area contributed by atoms with Gasteiger partial charge in [0.1, 0.15) is 18.2 Å². The number of amides is 3. The number of aromatic nitrogens is 3. The van der Waals surface area contributed by atoms with Gasteiger partial charge in [-0.05, 0) is 12.1 Å². The molecule has 0 saturated carbocycles. The largest absolute Gasteiger partial charge is 0.395 e. The molecule has 5 heterocycles. The molecule has 2 fully saturated rings. The predicted molar refractivity (Wildman–Crippen MR) is 129 cm³/mol. The molecular formula is C24H26N6O4S. The number of aliphatic hydroxyl groups excluding tert-OH is 1. The van der Waals surface area contributed by atoms with Crippen LogP contribution in [-0.4, -0.2) is 102 Å². The van der Waals surface area contributed by atoms with Crippen LogP contribution in [0.15, 0.2) is 48.6 Å². The maximum absolute atomic E-state index is 14.1. The zero-order valence-electron chi connectivity index (χ0n) is 19.2. The summed E-state index contributed by atoms with van der Waals surface area (Å²) in [6.07, 6.45) is 7.86. The lowest BCUT2D eigenvalue weighted by Crippen LogP contribution is -2.53. The topological polar surface area (TPSA) is 112 Å². The Morgan fingerprint density at radius 3 is 2.77 bits per heavy atom. The van der Waals surface area contributed by atoms with E-state index < -0.39 is 22.6 Å². The quantitative estimate of drug-likeness (QED) is 0.601. The van der Waals surface area contributed by atoms with Crippen LogP contribution in [0.25, 0.3) is 11.0 Å². The fourth-order valence-corrected chi connectivity index (χ4v) is 7.98. The van der Waals surface area contributed by atoms with Crippen LogP contribution in [0.4, 0.5) is 0 Å². The molecule has 1 N–H and O–H groups in total. The van der Waals surface area contributed by atoms with Crippen molar-refractivity contribution in [3.8, 4) is 0 Å². The molecule has 6 rings (SSSR count). The molecule has 4 aliphatic rings. The lowest BCUT2D eigenvalue weighted by atomic mass is 9.78. The van der Waals surface area contributed by atoms with Gasteiger partial charge in [0.15, 0.2) is 0 Å². The summed E-state index contributed by atoms with van der Waals surface area (Å²) in [4.78, 5) is 46.0. The standard InChI is InChI=1S/C24H26N6O4S/c1-27-10-4-8-17-18(21(27)32)19-22(33)29(12-13-31)20-23(34)28(11-5-9-24(19,20)35-17)14-30-16-7-3-2-6-15(16)25-26-30/h2-9,17-20,31H,10-14H2,1H3/t17-,18+,19-,20?,24-/m0/s1. The molecule has 2 saturated heterocycles. The van der Waals surface area contributed by atoms with Crippen molar-refractivity contribution in [1.29, 1.82) is 0 Å². The van der Waals surface area contributed by atoms with Crippen molar-refractivity contribution in [3.05, 3.63) is 48.6 Å². The Labute approximate surface area is 206 Å². The second kappa shape index (κ2) is 8.20. The Morgan fingerprint density at radius 2 is 1.94 bits per heavy atom. The number of hydrogen-bond donors (Lipinski definition) is 1. The minimum Gasteiger partial charge on any atom is -0.395 e. The molecule has 0 radical (unpaired) electrons. The summed E-state index contributed by atoms with van der Waals surface area (Å²) in [5.74, 6) is -1.76. The number of rotatable bonds is 4. The van der Waals surface area contributed by atoms with Crippen LogP contribution in [0.1, 0.15) is 0 Å². The van der Waals surface area contributed by atoms with Gasteiger partial charge in [0.2, 0.25) is 17.7 Å². The highest BCUT2D eigenvalue weighted by atomic mass is 32.2.